The summed E-state index contributed by atoms with van der Waals surface area (Å²) in [7, 11) is 4.54. The SMILES string of the molecule is COc1cc([C@@H]2c3c(oc4cc(C)c(C)cc4c3=O)C(=O)N2c2ccccn2)cc(OC)c1OC. The number of aromatic nitrogens is 1. The first-order valence-electron chi connectivity index (χ1n) is 11.0. The van der Waals surface area contributed by atoms with Crippen LogP contribution in [0, 0.1) is 13.8 Å². The molecule has 1 amide bonds. The molecular weight excluding hydrogens is 448 g/mol. The van der Waals surface area contributed by atoms with E-state index in [1.54, 1.807) is 48.7 Å². The number of pyridine rings is 1. The number of rotatable bonds is 5. The lowest BCUT2D eigenvalue weighted by Gasteiger charge is -2.25. The smallest absolute Gasteiger partial charge is 0.296 e. The summed E-state index contributed by atoms with van der Waals surface area (Å²) in [4.78, 5) is 33.5. The van der Waals surface area contributed by atoms with Crippen LogP contribution in [0.15, 0.2) is 57.9 Å². The molecule has 2 aromatic carbocycles. The van der Waals surface area contributed by atoms with Crippen LogP contribution in [-0.2, 0) is 0 Å². The number of nitrogens with zero attached hydrogens (tertiary/aromatic N) is 2. The van der Waals surface area contributed by atoms with Gasteiger partial charge in [0.05, 0.1) is 38.3 Å². The molecule has 1 aliphatic rings. The predicted octanol–water partition coefficient (Wildman–Crippen LogP) is 4.58. The summed E-state index contributed by atoms with van der Waals surface area (Å²) in [5, 5.41) is 0.417. The zero-order valence-electron chi connectivity index (χ0n) is 20.0. The molecule has 0 spiro atoms. The van der Waals surface area contributed by atoms with Gasteiger partial charge in [0.1, 0.15) is 11.4 Å². The fourth-order valence-corrected chi connectivity index (χ4v) is 4.54. The van der Waals surface area contributed by atoms with Crippen LogP contribution < -0.4 is 24.5 Å². The standard InChI is InChI=1S/C27H24N2O6/c1-14-10-17-18(11-15(14)2)35-26-22(24(17)30)23(29(27(26)31)21-8-6-7-9-28-21)16-12-19(32-3)25(34-5)20(13-16)33-4/h6-13,23H,1-5H3/t23-/m1/s1. The molecule has 35 heavy (non-hydrogen) atoms. The molecule has 0 aliphatic carbocycles. The maximum Gasteiger partial charge on any atom is 0.296 e. The Morgan fingerprint density at radius 2 is 1.60 bits per heavy atom. The average Bonchev–Trinajstić information content (AvgIpc) is 3.17. The van der Waals surface area contributed by atoms with Gasteiger partial charge in [-0.15, -0.1) is 0 Å². The van der Waals surface area contributed by atoms with Crippen LogP contribution in [0.5, 0.6) is 17.2 Å². The Morgan fingerprint density at radius 3 is 2.20 bits per heavy atom. The highest BCUT2D eigenvalue weighted by Crippen LogP contribution is 2.46. The number of anilines is 1. The molecule has 0 unspecified atom stereocenters. The molecule has 0 bridgehead atoms. The third-order valence-electron chi connectivity index (χ3n) is 6.39. The topological polar surface area (TPSA) is 91.1 Å². The number of aryl methyl sites for hydroxylation is 2. The van der Waals surface area contributed by atoms with Gasteiger partial charge in [-0.25, -0.2) is 4.98 Å². The number of benzene rings is 2. The number of amides is 1. The van der Waals surface area contributed by atoms with Gasteiger partial charge in [0.2, 0.25) is 11.5 Å². The predicted molar refractivity (Wildman–Crippen MR) is 131 cm³/mol. The Balaban J connectivity index is 1.85. The fourth-order valence-electron chi connectivity index (χ4n) is 4.54. The molecule has 178 valence electrons. The second-order valence-electron chi connectivity index (χ2n) is 8.33. The third kappa shape index (κ3) is 3.41. The summed E-state index contributed by atoms with van der Waals surface area (Å²) in [6.07, 6.45) is 1.59. The van der Waals surface area contributed by atoms with Gasteiger partial charge in [0, 0.05) is 6.20 Å². The van der Waals surface area contributed by atoms with Crippen molar-refractivity contribution in [2.45, 2.75) is 19.9 Å². The molecule has 4 aromatic rings. The average molecular weight is 472 g/mol. The van der Waals surface area contributed by atoms with Gasteiger partial charge in [-0.2, -0.15) is 0 Å². The quantitative estimate of drug-likeness (QED) is 0.420. The third-order valence-corrected chi connectivity index (χ3v) is 6.39. The zero-order chi connectivity index (χ0) is 24.9. The summed E-state index contributed by atoms with van der Waals surface area (Å²) in [6.45, 7) is 3.87. The number of methoxy groups -OCH3 is 3. The van der Waals surface area contributed by atoms with E-state index in [1.165, 1.54) is 26.2 Å². The highest BCUT2D eigenvalue weighted by molar-refractivity contribution is 6.10. The van der Waals surface area contributed by atoms with Crippen molar-refractivity contribution in [1.82, 2.24) is 4.98 Å². The van der Waals surface area contributed by atoms with E-state index in [-0.39, 0.29) is 16.8 Å². The summed E-state index contributed by atoms with van der Waals surface area (Å²) >= 11 is 0. The molecule has 0 radical (unpaired) electrons. The highest BCUT2D eigenvalue weighted by Gasteiger charge is 2.45. The number of carbonyl (C=O) groups excluding carboxylic acids is 1. The molecular formula is C27H24N2O6. The molecule has 0 saturated carbocycles. The molecule has 8 nitrogen and oxygen atoms in total. The Bertz CT molecular complexity index is 1500. The molecule has 0 fully saturated rings. The normalized spacial score (nSPS) is 14.8. The van der Waals surface area contributed by atoms with Crippen molar-refractivity contribution < 1.29 is 23.4 Å². The Kier molecular flexibility index (Phi) is 5.43. The van der Waals surface area contributed by atoms with Crippen molar-refractivity contribution in [1.29, 1.82) is 0 Å². The first-order chi connectivity index (χ1) is 16.9. The van der Waals surface area contributed by atoms with Gasteiger partial charge in [0.25, 0.3) is 5.91 Å². The number of hydrogen-bond donors (Lipinski definition) is 0. The first-order valence-corrected chi connectivity index (χ1v) is 11.0. The Labute approximate surface area is 201 Å². The maximum atomic E-state index is 13.9. The molecule has 1 atom stereocenters. The van der Waals surface area contributed by atoms with Crippen molar-refractivity contribution >= 4 is 22.7 Å². The van der Waals surface area contributed by atoms with Gasteiger partial charge in [-0.1, -0.05) is 6.07 Å². The summed E-state index contributed by atoms with van der Waals surface area (Å²) in [5.41, 5.74) is 2.86. The molecule has 2 aromatic heterocycles. The van der Waals surface area contributed by atoms with Crippen LogP contribution in [0.25, 0.3) is 11.0 Å². The van der Waals surface area contributed by atoms with Crippen LogP contribution in [0.1, 0.15) is 38.9 Å². The van der Waals surface area contributed by atoms with Crippen LogP contribution in [0.3, 0.4) is 0 Å². The lowest BCUT2D eigenvalue weighted by molar-refractivity contribution is 0.0970. The largest absolute Gasteiger partial charge is 0.493 e. The summed E-state index contributed by atoms with van der Waals surface area (Å²) < 4.78 is 22.6. The van der Waals surface area contributed by atoms with Gasteiger partial charge < -0.3 is 18.6 Å². The second kappa shape index (κ2) is 8.47. The molecule has 3 heterocycles. The van der Waals surface area contributed by atoms with Crippen LogP contribution in [-0.4, -0.2) is 32.2 Å². The monoisotopic (exact) mass is 472 g/mol. The second-order valence-corrected chi connectivity index (χ2v) is 8.33. The maximum absolute atomic E-state index is 13.9. The number of ether oxygens (including phenoxy) is 3. The van der Waals surface area contributed by atoms with Crippen molar-refractivity contribution in [3.63, 3.8) is 0 Å². The fraction of sp³-hybridized carbons (Fsp3) is 0.222. The van der Waals surface area contributed by atoms with E-state index >= 15 is 0 Å². The summed E-state index contributed by atoms with van der Waals surface area (Å²) in [6, 6.07) is 11.5. The van der Waals surface area contributed by atoms with Crippen molar-refractivity contribution in [2.24, 2.45) is 0 Å². The van der Waals surface area contributed by atoms with E-state index < -0.39 is 11.9 Å². The lowest BCUT2D eigenvalue weighted by atomic mass is 9.96. The van der Waals surface area contributed by atoms with Crippen molar-refractivity contribution in [2.75, 3.05) is 26.2 Å². The number of carbonyl (C=O) groups is 1. The van der Waals surface area contributed by atoms with Crippen LogP contribution >= 0.6 is 0 Å². The minimum atomic E-state index is -0.816. The molecule has 5 rings (SSSR count). The van der Waals surface area contributed by atoms with Crippen LogP contribution in [0.4, 0.5) is 5.82 Å². The van der Waals surface area contributed by atoms with Crippen LogP contribution in [0.2, 0.25) is 0 Å². The molecule has 1 aliphatic heterocycles. The molecule has 0 saturated heterocycles. The van der Waals surface area contributed by atoms with E-state index in [0.29, 0.717) is 39.6 Å². The Morgan fingerprint density at radius 1 is 0.914 bits per heavy atom. The van der Waals surface area contributed by atoms with E-state index in [0.717, 1.165) is 11.1 Å². The molecule has 8 heteroatoms. The lowest BCUT2D eigenvalue weighted by Crippen LogP contribution is -2.30. The van der Waals surface area contributed by atoms with Crippen molar-refractivity contribution in [3.8, 4) is 17.2 Å². The van der Waals surface area contributed by atoms with Crippen molar-refractivity contribution in [3.05, 3.63) is 86.9 Å². The van der Waals surface area contributed by atoms with E-state index in [9.17, 15) is 9.59 Å². The summed E-state index contributed by atoms with van der Waals surface area (Å²) in [5.74, 6) is 1.15. The highest BCUT2D eigenvalue weighted by atomic mass is 16.5. The minimum absolute atomic E-state index is 0.00448. The minimum Gasteiger partial charge on any atom is -0.493 e. The van der Waals surface area contributed by atoms with E-state index in [1.807, 2.05) is 13.8 Å². The Hall–Kier alpha value is -4.33. The zero-order valence-corrected chi connectivity index (χ0v) is 20.0. The number of hydrogen-bond acceptors (Lipinski definition) is 7. The first kappa shape index (κ1) is 22.5. The van der Waals surface area contributed by atoms with Gasteiger partial charge in [0.15, 0.2) is 16.9 Å². The molecule has 0 N–H and O–H groups in total. The van der Waals surface area contributed by atoms with E-state index in [2.05, 4.69) is 4.98 Å². The number of fused-ring (bicyclic) bond motifs is 2. The van der Waals surface area contributed by atoms with E-state index in [4.69, 9.17) is 18.6 Å². The van der Waals surface area contributed by atoms with Gasteiger partial charge >= 0.3 is 0 Å². The van der Waals surface area contributed by atoms with Gasteiger partial charge in [-0.05, 0) is 66.9 Å². The van der Waals surface area contributed by atoms with Gasteiger partial charge in [-0.3, -0.25) is 14.5 Å².